The Balaban J connectivity index is 1.82. The molecule has 6 heteroatoms. The fourth-order valence-electron chi connectivity index (χ4n) is 4.04. The molecule has 0 aromatic carbocycles. The Morgan fingerprint density at radius 3 is 1.96 bits per heavy atom. The number of rotatable bonds is 5. The molecule has 3 heterocycles. The minimum absolute atomic E-state index is 0.420. The molecule has 0 amide bonds. The Kier molecular flexibility index (Phi) is 7.30. The van der Waals surface area contributed by atoms with Crippen LogP contribution in [-0.4, -0.2) is 85.2 Å². The third kappa shape index (κ3) is 5.32. The van der Waals surface area contributed by atoms with E-state index in [9.17, 15) is 0 Å². The van der Waals surface area contributed by atoms with Gasteiger partial charge in [0.2, 0.25) is 5.95 Å². The number of aromatic nitrogens is 2. The van der Waals surface area contributed by atoms with E-state index in [-0.39, 0.29) is 0 Å². The molecule has 0 spiro atoms. The summed E-state index contributed by atoms with van der Waals surface area (Å²) in [6.07, 6.45) is 2.40. The standard InChI is InChI=1S/C21H38N6/c1-5-24-9-7-11-26(15-13-24)20-17-19(18(3)4)22-21(23-20)27-12-8-10-25(6-2)14-16-27/h17-18H,5-16H2,1-4H3. The van der Waals surface area contributed by atoms with Crippen LogP contribution in [0.15, 0.2) is 6.07 Å². The van der Waals surface area contributed by atoms with E-state index < -0.39 is 0 Å². The Hall–Kier alpha value is -1.40. The molecule has 1 aromatic rings. The lowest BCUT2D eigenvalue weighted by Gasteiger charge is -2.27. The van der Waals surface area contributed by atoms with Crippen molar-refractivity contribution in [2.45, 2.75) is 46.5 Å². The summed E-state index contributed by atoms with van der Waals surface area (Å²) < 4.78 is 0. The zero-order valence-corrected chi connectivity index (χ0v) is 17.8. The van der Waals surface area contributed by atoms with E-state index in [1.165, 1.54) is 31.6 Å². The highest BCUT2D eigenvalue weighted by Gasteiger charge is 2.21. The quantitative estimate of drug-likeness (QED) is 0.789. The molecule has 2 saturated heterocycles. The molecule has 0 atom stereocenters. The van der Waals surface area contributed by atoms with Crippen molar-refractivity contribution in [1.29, 1.82) is 0 Å². The Labute approximate surface area is 165 Å². The van der Waals surface area contributed by atoms with Crippen LogP contribution in [-0.2, 0) is 0 Å². The van der Waals surface area contributed by atoms with Crippen molar-refractivity contribution < 1.29 is 0 Å². The third-order valence-corrected chi connectivity index (χ3v) is 5.99. The van der Waals surface area contributed by atoms with E-state index >= 15 is 0 Å². The lowest BCUT2D eigenvalue weighted by atomic mass is 10.1. The van der Waals surface area contributed by atoms with Gasteiger partial charge in [0.15, 0.2) is 0 Å². The number of anilines is 2. The second-order valence-electron chi connectivity index (χ2n) is 8.16. The van der Waals surface area contributed by atoms with Crippen LogP contribution < -0.4 is 9.80 Å². The maximum atomic E-state index is 5.05. The van der Waals surface area contributed by atoms with Gasteiger partial charge in [0.25, 0.3) is 0 Å². The highest BCUT2D eigenvalue weighted by molar-refractivity contribution is 5.47. The summed E-state index contributed by atoms with van der Waals surface area (Å²) in [6, 6.07) is 2.23. The average molecular weight is 375 g/mol. The molecule has 2 fully saturated rings. The van der Waals surface area contributed by atoms with E-state index in [1.54, 1.807) is 0 Å². The van der Waals surface area contributed by atoms with Crippen molar-refractivity contribution in [2.75, 3.05) is 75.2 Å². The maximum Gasteiger partial charge on any atom is 0.227 e. The highest BCUT2D eigenvalue weighted by Crippen LogP contribution is 2.24. The van der Waals surface area contributed by atoms with E-state index in [1.807, 2.05) is 0 Å². The van der Waals surface area contributed by atoms with Crippen molar-refractivity contribution in [3.05, 3.63) is 11.8 Å². The van der Waals surface area contributed by atoms with E-state index in [0.717, 1.165) is 64.1 Å². The Bertz CT molecular complexity index is 546. The van der Waals surface area contributed by atoms with Gasteiger partial charge in [-0.2, -0.15) is 4.98 Å². The minimum atomic E-state index is 0.420. The summed E-state index contributed by atoms with van der Waals surface area (Å²) in [5, 5.41) is 0. The smallest absolute Gasteiger partial charge is 0.227 e. The van der Waals surface area contributed by atoms with Crippen LogP contribution in [0.1, 0.15) is 52.1 Å². The number of nitrogens with zero attached hydrogens (tertiary/aromatic N) is 6. The van der Waals surface area contributed by atoms with Gasteiger partial charge < -0.3 is 19.6 Å². The molecule has 0 radical (unpaired) electrons. The second-order valence-corrected chi connectivity index (χ2v) is 8.16. The summed E-state index contributed by atoms with van der Waals surface area (Å²) in [7, 11) is 0. The lowest BCUT2D eigenvalue weighted by molar-refractivity contribution is 0.310. The fourth-order valence-corrected chi connectivity index (χ4v) is 4.04. The summed E-state index contributed by atoms with van der Waals surface area (Å²) in [5.41, 5.74) is 1.17. The van der Waals surface area contributed by atoms with Crippen LogP contribution in [0.25, 0.3) is 0 Å². The van der Waals surface area contributed by atoms with Crippen LogP contribution >= 0.6 is 0 Å². The predicted molar refractivity (Wildman–Crippen MR) is 114 cm³/mol. The molecule has 6 nitrogen and oxygen atoms in total. The van der Waals surface area contributed by atoms with E-state index in [0.29, 0.717) is 5.92 Å². The first kappa shape index (κ1) is 20.3. The van der Waals surface area contributed by atoms with Crippen molar-refractivity contribution >= 4 is 11.8 Å². The molecule has 1 aromatic heterocycles. The first-order chi connectivity index (χ1) is 13.1. The molecule has 2 aliphatic heterocycles. The van der Waals surface area contributed by atoms with Crippen LogP contribution in [0.5, 0.6) is 0 Å². The zero-order valence-electron chi connectivity index (χ0n) is 17.8. The van der Waals surface area contributed by atoms with Crippen molar-refractivity contribution in [2.24, 2.45) is 0 Å². The topological polar surface area (TPSA) is 38.7 Å². The largest absolute Gasteiger partial charge is 0.355 e. The molecule has 0 saturated carbocycles. The summed E-state index contributed by atoms with van der Waals surface area (Å²) in [5.74, 6) is 2.48. The molecule has 3 rings (SSSR count). The van der Waals surface area contributed by atoms with E-state index in [2.05, 4.69) is 53.4 Å². The normalized spacial score (nSPS) is 20.8. The lowest BCUT2D eigenvalue weighted by Crippen LogP contribution is -2.33. The molecule has 152 valence electrons. The van der Waals surface area contributed by atoms with Gasteiger partial charge in [0.1, 0.15) is 5.82 Å². The predicted octanol–water partition coefficient (Wildman–Crippen LogP) is 2.66. The van der Waals surface area contributed by atoms with Crippen LogP contribution in [0.2, 0.25) is 0 Å². The average Bonchev–Trinajstić information content (AvgIpc) is 3.08. The van der Waals surface area contributed by atoms with Crippen molar-refractivity contribution in [3.63, 3.8) is 0 Å². The SMILES string of the molecule is CCN1CCCN(c2cc(C(C)C)nc(N3CCCN(CC)CC3)n2)CC1. The zero-order chi connectivity index (χ0) is 19.2. The van der Waals surface area contributed by atoms with Crippen molar-refractivity contribution in [1.82, 2.24) is 19.8 Å². The highest BCUT2D eigenvalue weighted by atomic mass is 15.3. The van der Waals surface area contributed by atoms with Crippen molar-refractivity contribution in [3.8, 4) is 0 Å². The molecule has 0 bridgehead atoms. The van der Waals surface area contributed by atoms with Crippen LogP contribution in [0.4, 0.5) is 11.8 Å². The number of hydrogen-bond donors (Lipinski definition) is 0. The van der Waals surface area contributed by atoms with Gasteiger partial charge in [0.05, 0.1) is 5.69 Å². The molecular formula is C21H38N6. The van der Waals surface area contributed by atoms with Crippen LogP contribution in [0.3, 0.4) is 0 Å². The molecule has 0 N–H and O–H groups in total. The second kappa shape index (κ2) is 9.69. The van der Waals surface area contributed by atoms with Gasteiger partial charge in [-0.15, -0.1) is 0 Å². The fraction of sp³-hybridized carbons (Fsp3) is 0.810. The molecule has 2 aliphatic rings. The summed E-state index contributed by atoms with van der Waals surface area (Å²) >= 11 is 0. The van der Waals surface area contributed by atoms with Gasteiger partial charge in [-0.3, -0.25) is 0 Å². The number of likely N-dealkylation sites (N-methyl/N-ethyl adjacent to an activating group) is 2. The molecule has 27 heavy (non-hydrogen) atoms. The van der Waals surface area contributed by atoms with Gasteiger partial charge >= 0.3 is 0 Å². The summed E-state index contributed by atoms with van der Waals surface area (Å²) in [6.45, 7) is 20.1. The first-order valence-corrected chi connectivity index (χ1v) is 10.9. The molecular weight excluding hydrogens is 336 g/mol. The first-order valence-electron chi connectivity index (χ1n) is 10.9. The third-order valence-electron chi connectivity index (χ3n) is 5.99. The summed E-state index contributed by atoms with van der Waals surface area (Å²) in [4.78, 5) is 20.0. The number of hydrogen-bond acceptors (Lipinski definition) is 6. The van der Waals surface area contributed by atoms with Gasteiger partial charge in [-0.25, -0.2) is 4.98 Å². The molecule has 0 unspecified atom stereocenters. The van der Waals surface area contributed by atoms with Crippen LogP contribution in [0, 0.1) is 0 Å². The maximum absolute atomic E-state index is 5.05. The minimum Gasteiger partial charge on any atom is -0.355 e. The van der Waals surface area contributed by atoms with Gasteiger partial charge in [0, 0.05) is 45.3 Å². The monoisotopic (exact) mass is 374 g/mol. The molecule has 0 aliphatic carbocycles. The Morgan fingerprint density at radius 1 is 0.778 bits per heavy atom. The van der Waals surface area contributed by atoms with Gasteiger partial charge in [-0.05, 0) is 44.9 Å². The van der Waals surface area contributed by atoms with Gasteiger partial charge in [-0.1, -0.05) is 27.7 Å². The Morgan fingerprint density at radius 2 is 1.37 bits per heavy atom. The van der Waals surface area contributed by atoms with E-state index in [4.69, 9.17) is 9.97 Å².